The fourth-order valence-corrected chi connectivity index (χ4v) is 1.31. The lowest BCUT2D eigenvalue weighted by Crippen LogP contribution is -2.57. The summed E-state index contributed by atoms with van der Waals surface area (Å²) in [7, 11) is 0. The Bertz CT molecular complexity index is 408. The largest absolute Gasteiger partial charge is 0.388 e. The van der Waals surface area contributed by atoms with Gasteiger partial charge in [0.25, 0.3) is 5.91 Å². The fraction of sp³-hybridized carbons (Fsp3) is 0.667. The van der Waals surface area contributed by atoms with Crippen molar-refractivity contribution in [2.24, 2.45) is 0 Å². The van der Waals surface area contributed by atoms with E-state index in [1.54, 1.807) is 41.5 Å². The maximum Gasteiger partial charge on any atom is 0.257 e. The Morgan fingerprint density at radius 3 is 2.18 bits per heavy atom. The van der Waals surface area contributed by atoms with Crippen molar-refractivity contribution in [1.82, 2.24) is 10.5 Å². The molecule has 1 amide bonds. The number of rotatable bonds is 3. The Labute approximate surface area is 101 Å². The molecule has 0 atom stereocenters. The van der Waals surface area contributed by atoms with E-state index < -0.39 is 11.1 Å². The van der Waals surface area contributed by atoms with Crippen LogP contribution in [-0.2, 0) is 0 Å². The number of aliphatic hydroxyl groups is 1. The molecule has 5 heteroatoms. The summed E-state index contributed by atoms with van der Waals surface area (Å²) >= 11 is 0. The quantitative estimate of drug-likeness (QED) is 0.841. The molecule has 0 saturated heterocycles. The van der Waals surface area contributed by atoms with Crippen LogP contribution in [0.15, 0.2) is 4.52 Å². The smallest absolute Gasteiger partial charge is 0.257 e. The van der Waals surface area contributed by atoms with Gasteiger partial charge in [0.2, 0.25) is 0 Å². The normalized spacial score (nSPS) is 12.6. The first-order valence-corrected chi connectivity index (χ1v) is 5.54. The van der Waals surface area contributed by atoms with Gasteiger partial charge in [0.05, 0.1) is 16.8 Å². The Kier molecular flexibility index (Phi) is 3.34. The van der Waals surface area contributed by atoms with E-state index in [-0.39, 0.29) is 5.91 Å². The molecule has 1 aromatic rings. The second-order valence-corrected chi connectivity index (χ2v) is 5.34. The van der Waals surface area contributed by atoms with E-state index in [4.69, 9.17) is 4.52 Å². The van der Waals surface area contributed by atoms with Crippen molar-refractivity contribution in [3.63, 3.8) is 0 Å². The van der Waals surface area contributed by atoms with Crippen molar-refractivity contribution in [2.45, 2.75) is 52.7 Å². The zero-order valence-corrected chi connectivity index (χ0v) is 11.2. The second-order valence-electron chi connectivity index (χ2n) is 5.34. The Balaban J connectivity index is 2.95. The summed E-state index contributed by atoms with van der Waals surface area (Å²) in [5.74, 6) is 0.194. The SMILES string of the molecule is Cc1noc(C)c1C(=O)NC(C)(C)C(C)(C)O. The first-order valence-electron chi connectivity index (χ1n) is 5.54. The van der Waals surface area contributed by atoms with Gasteiger partial charge in [-0.05, 0) is 41.5 Å². The Morgan fingerprint density at radius 2 is 1.82 bits per heavy atom. The predicted octanol–water partition coefficient (Wildman–Crippen LogP) is 1.57. The first kappa shape index (κ1) is 13.7. The van der Waals surface area contributed by atoms with Gasteiger partial charge in [-0.15, -0.1) is 0 Å². The number of carbonyl (C=O) groups is 1. The molecular weight excluding hydrogens is 220 g/mol. The lowest BCUT2D eigenvalue weighted by Gasteiger charge is -2.37. The van der Waals surface area contributed by atoms with Crippen LogP contribution in [0.1, 0.15) is 49.5 Å². The van der Waals surface area contributed by atoms with Crippen LogP contribution in [0.3, 0.4) is 0 Å². The third-order valence-corrected chi connectivity index (χ3v) is 3.22. The summed E-state index contributed by atoms with van der Waals surface area (Å²) < 4.78 is 4.94. The number of carbonyl (C=O) groups excluding carboxylic acids is 1. The van der Waals surface area contributed by atoms with Gasteiger partial charge in [0.15, 0.2) is 0 Å². The topological polar surface area (TPSA) is 75.4 Å². The molecule has 0 saturated carbocycles. The molecule has 0 bridgehead atoms. The van der Waals surface area contributed by atoms with E-state index in [9.17, 15) is 9.90 Å². The van der Waals surface area contributed by atoms with Gasteiger partial charge in [-0.1, -0.05) is 5.16 Å². The first-order chi connectivity index (χ1) is 7.56. The van der Waals surface area contributed by atoms with E-state index in [2.05, 4.69) is 10.5 Å². The molecule has 17 heavy (non-hydrogen) atoms. The molecule has 1 heterocycles. The van der Waals surface area contributed by atoms with Gasteiger partial charge in [-0.25, -0.2) is 0 Å². The third-order valence-electron chi connectivity index (χ3n) is 3.22. The number of nitrogens with one attached hydrogen (secondary N) is 1. The zero-order valence-electron chi connectivity index (χ0n) is 11.2. The maximum absolute atomic E-state index is 12.1. The van der Waals surface area contributed by atoms with E-state index in [1.165, 1.54) is 0 Å². The second kappa shape index (κ2) is 4.14. The minimum absolute atomic E-state index is 0.284. The molecule has 0 aliphatic rings. The van der Waals surface area contributed by atoms with E-state index in [1.807, 2.05) is 0 Å². The maximum atomic E-state index is 12.1. The molecule has 1 rings (SSSR count). The van der Waals surface area contributed by atoms with Crippen molar-refractivity contribution >= 4 is 5.91 Å². The molecule has 0 fully saturated rings. The third kappa shape index (κ3) is 2.66. The molecule has 0 unspecified atom stereocenters. The van der Waals surface area contributed by atoms with Crippen LogP contribution in [0.4, 0.5) is 0 Å². The van der Waals surface area contributed by atoms with Crippen LogP contribution in [0.5, 0.6) is 0 Å². The predicted molar refractivity (Wildman–Crippen MR) is 63.8 cm³/mol. The molecular formula is C12H20N2O3. The molecule has 0 spiro atoms. The van der Waals surface area contributed by atoms with Crippen molar-refractivity contribution in [3.8, 4) is 0 Å². The van der Waals surface area contributed by atoms with Crippen molar-refractivity contribution < 1.29 is 14.4 Å². The molecule has 0 aliphatic carbocycles. The Hall–Kier alpha value is -1.36. The fourth-order valence-electron chi connectivity index (χ4n) is 1.31. The average molecular weight is 240 g/mol. The van der Waals surface area contributed by atoms with Crippen LogP contribution in [0.25, 0.3) is 0 Å². The minimum Gasteiger partial charge on any atom is -0.388 e. The lowest BCUT2D eigenvalue weighted by molar-refractivity contribution is -0.00297. The highest BCUT2D eigenvalue weighted by molar-refractivity contribution is 5.96. The molecule has 0 aromatic carbocycles. The number of aryl methyl sites for hydroxylation is 2. The van der Waals surface area contributed by atoms with Gasteiger partial charge in [-0.3, -0.25) is 4.79 Å². The van der Waals surface area contributed by atoms with Crippen LogP contribution < -0.4 is 5.32 Å². The van der Waals surface area contributed by atoms with E-state index in [0.29, 0.717) is 17.0 Å². The van der Waals surface area contributed by atoms with Crippen molar-refractivity contribution in [2.75, 3.05) is 0 Å². The zero-order chi connectivity index (χ0) is 13.4. The number of hydrogen-bond acceptors (Lipinski definition) is 4. The lowest BCUT2D eigenvalue weighted by atomic mass is 9.85. The van der Waals surface area contributed by atoms with Gasteiger partial charge in [0.1, 0.15) is 11.3 Å². The summed E-state index contributed by atoms with van der Waals surface area (Å²) in [6.45, 7) is 10.2. The molecule has 1 aromatic heterocycles. The van der Waals surface area contributed by atoms with E-state index in [0.717, 1.165) is 0 Å². The summed E-state index contributed by atoms with van der Waals surface area (Å²) in [4.78, 5) is 12.1. The van der Waals surface area contributed by atoms with Crippen molar-refractivity contribution in [3.05, 3.63) is 17.0 Å². The number of amides is 1. The summed E-state index contributed by atoms with van der Waals surface area (Å²) in [6.07, 6.45) is 0. The van der Waals surface area contributed by atoms with Gasteiger partial charge >= 0.3 is 0 Å². The summed E-state index contributed by atoms with van der Waals surface area (Å²) in [5, 5.41) is 16.5. The van der Waals surface area contributed by atoms with Crippen LogP contribution in [0, 0.1) is 13.8 Å². The number of nitrogens with zero attached hydrogens (tertiary/aromatic N) is 1. The van der Waals surface area contributed by atoms with Gasteiger partial charge in [0, 0.05) is 0 Å². The average Bonchev–Trinajstić information content (AvgIpc) is 2.43. The monoisotopic (exact) mass is 240 g/mol. The van der Waals surface area contributed by atoms with Crippen LogP contribution in [-0.4, -0.2) is 27.3 Å². The summed E-state index contributed by atoms with van der Waals surface area (Å²) in [6, 6.07) is 0. The molecule has 5 nitrogen and oxygen atoms in total. The van der Waals surface area contributed by atoms with Gasteiger partial charge < -0.3 is 14.9 Å². The molecule has 0 radical (unpaired) electrons. The highest BCUT2D eigenvalue weighted by atomic mass is 16.5. The van der Waals surface area contributed by atoms with Crippen LogP contribution in [0.2, 0.25) is 0 Å². The number of aromatic nitrogens is 1. The highest BCUT2D eigenvalue weighted by Gasteiger charge is 2.37. The molecule has 2 N–H and O–H groups in total. The minimum atomic E-state index is -1.03. The highest BCUT2D eigenvalue weighted by Crippen LogP contribution is 2.22. The van der Waals surface area contributed by atoms with E-state index >= 15 is 0 Å². The Morgan fingerprint density at radius 1 is 1.29 bits per heavy atom. The number of hydrogen-bond donors (Lipinski definition) is 2. The molecule has 96 valence electrons. The van der Waals surface area contributed by atoms with Gasteiger partial charge in [-0.2, -0.15) is 0 Å². The van der Waals surface area contributed by atoms with Crippen LogP contribution >= 0.6 is 0 Å². The summed E-state index contributed by atoms with van der Waals surface area (Å²) in [5.41, 5.74) is -0.795. The standard InChI is InChI=1S/C12H20N2O3/c1-7-9(8(2)17-14-7)10(15)13-11(3,4)12(5,6)16/h16H,1-6H3,(H,13,15). The molecule has 0 aliphatic heterocycles. The van der Waals surface area contributed by atoms with Crippen molar-refractivity contribution in [1.29, 1.82) is 0 Å².